The van der Waals surface area contributed by atoms with Gasteiger partial charge in [-0.3, -0.25) is 0 Å². The van der Waals surface area contributed by atoms with Crippen LogP contribution in [0, 0.1) is 0 Å². The fraction of sp³-hybridized carbons (Fsp3) is 0.500. The first kappa shape index (κ1) is 12.7. The van der Waals surface area contributed by atoms with Crippen LogP contribution in [-0.4, -0.2) is 31.4 Å². The quantitative estimate of drug-likeness (QED) is 0.906. The van der Waals surface area contributed by atoms with Crippen molar-refractivity contribution in [3.05, 3.63) is 16.5 Å². The van der Waals surface area contributed by atoms with Crippen LogP contribution in [0.1, 0.15) is 12.7 Å². The molecule has 86 valence electrons. The molecule has 0 aliphatic carbocycles. The summed E-state index contributed by atoms with van der Waals surface area (Å²) in [6.45, 7) is 1.77. The lowest BCUT2D eigenvalue weighted by molar-refractivity contribution is 0.245. The van der Waals surface area contributed by atoms with Gasteiger partial charge < -0.3 is 9.52 Å². The van der Waals surface area contributed by atoms with E-state index in [-0.39, 0.29) is 21.9 Å². The number of hydrogen-bond acceptors (Lipinski definition) is 4. The molecule has 1 heterocycles. The molecule has 0 saturated heterocycles. The van der Waals surface area contributed by atoms with Crippen molar-refractivity contribution in [2.45, 2.75) is 18.4 Å². The first-order valence-corrected chi connectivity index (χ1v) is 6.52. The van der Waals surface area contributed by atoms with Crippen molar-refractivity contribution in [2.24, 2.45) is 0 Å². The van der Waals surface area contributed by atoms with E-state index in [1.165, 1.54) is 17.4 Å². The molecule has 7 heteroatoms. The van der Waals surface area contributed by atoms with Crippen LogP contribution in [-0.2, 0) is 16.6 Å². The van der Waals surface area contributed by atoms with Gasteiger partial charge in [0.25, 0.3) is 0 Å². The first-order valence-electron chi connectivity index (χ1n) is 4.28. The number of nitrogens with zero attached hydrogens (tertiary/aromatic N) is 1. The number of sulfonamides is 1. The molecule has 1 rings (SSSR count). The van der Waals surface area contributed by atoms with Crippen molar-refractivity contribution < 1.29 is 17.9 Å². The van der Waals surface area contributed by atoms with E-state index in [4.69, 9.17) is 9.52 Å². The van der Waals surface area contributed by atoms with Crippen LogP contribution >= 0.6 is 15.9 Å². The third-order valence-corrected chi connectivity index (χ3v) is 4.79. The lowest BCUT2D eigenvalue weighted by Gasteiger charge is -2.12. The summed E-state index contributed by atoms with van der Waals surface area (Å²) in [7, 11) is -2.05. The fourth-order valence-corrected chi connectivity index (χ4v) is 3.13. The van der Waals surface area contributed by atoms with Gasteiger partial charge in [0, 0.05) is 19.7 Å². The van der Waals surface area contributed by atoms with Gasteiger partial charge in [-0.25, -0.2) is 12.7 Å². The molecule has 0 saturated carbocycles. The van der Waals surface area contributed by atoms with Crippen LogP contribution in [0.25, 0.3) is 0 Å². The van der Waals surface area contributed by atoms with Crippen LogP contribution in [0.2, 0.25) is 0 Å². The highest BCUT2D eigenvalue weighted by atomic mass is 79.9. The minimum Gasteiger partial charge on any atom is -0.450 e. The maximum Gasteiger partial charge on any atom is 0.247 e. The second kappa shape index (κ2) is 4.65. The van der Waals surface area contributed by atoms with Crippen LogP contribution in [0.15, 0.2) is 20.0 Å². The monoisotopic (exact) mass is 297 g/mol. The second-order valence-corrected chi connectivity index (χ2v) is 5.66. The molecule has 0 spiro atoms. The van der Waals surface area contributed by atoms with Gasteiger partial charge >= 0.3 is 0 Å². The standard InChI is InChI=1S/C8H12BrNO4S/c1-3-10(2)15(12,13)7-4-6(5-11)14-8(7)9/h4,11H,3,5H2,1-2H3. The maximum atomic E-state index is 11.9. The Hall–Kier alpha value is -0.370. The number of halogens is 1. The third-order valence-electron chi connectivity index (χ3n) is 2.00. The summed E-state index contributed by atoms with van der Waals surface area (Å²) in [5.74, 6) is 0.213. The smallest absolute Gasteiger partial charge is 0.247 e. The molecule has 0 fully saturated rings. The van der Waals surface area contributed by atoms with E-state index in [1.807, 2.05) is 0 Å². The zero-order valence-corrected chi connectivity index (χ0v) is 10.8. The van der Waals surface area contributed by atoms with Gasteiger partial charge in [-0.15, -0.1) is 0 Å². The Balaban J connectivity index is 3.21. The Morgan fingerprint density at radius 2 is 2.20 bits per heavy atom. The molecule has 1 aromatic rings. The van der Waals surface area contributed by atoms with Gasteiger partial charge in [0.15, 0.2) is 4.67 Å². The maximum absolute atomic E-state index is 11.9. The zero-order valence-electron chi connectivity index (χ0n) is 8.40. The van der Waals surface area contributed by atoms with Gasteiger partial charge in [-0.1, -0.05) is 6.92 Å². The molecular weight excluding hydrogens is 286 g/mol. The Morgan fingerprint density at radius 3 is 2.60 bits per heavy atom. The number of hydrogen-bond donors (Lipinski definition) is 1. The van der Waals surface area contributed by atoms with Gasteiger partial charge in [-0.05, 0) is 15.9 Å². The van der Waals surface area contributed by atoms with E-state index >= 15 is 0 Å². The van der Waals surface area contributed by atoms with Crippen molar-refractivity contribution in [2.75, 3.05) is 13.6 Å². The number of aliphatic hydroxyl groups excluding tert-OH is 1. The molecule has 0 radical (unpaired) electrons. The molecule has 0 bridgehead atoms. The van der Waals surface area contributed by atoms with Crippen molar-refractivity contribution in [1.29, 1.82) is 0 Å². The van der Waals surface area contributed by atoms with Crippen LogP contribution < -0.4 is 0 Å². The second-order valence-electron chi connectivity index (χ2n) is 2.93. The molecule has 0 amide bonds. The molecule has 0 aliphatic rings. The SMILES string of the molecule is CCN(C)S(=O)(=O)c1cc(CO)oc1Br. The van der Waals surface area contributed by atoms with Crippen molar-refractivity contribution in [1.82, 2.24) is 4.31 Å². The van der Waals surface area contributed by atoms with Crippen LogP contribution in [0.4, 0.5) is 0 Å². The molecule has 0 aliphatic heterocycles. The van der Waals surface area contributed by atoms with Crippen LogP contribution in [0.5, 0.6) is 0 Å². The average Bonchev–Trinajstić information content (AvgIpc) is 2.58. The lowest BCUT2D eigenvalue weighted by Crippen LogP contribution is -2.26. The highest BCUT2D eigenvalue weighted by Crippen LogP contribution is 2.28. The van der Waals surface area contributed by atoms with Crippen LogP contribution in [0.3, 0.4) is 0 Å². The summed E-state index contributed by atoms with van der Waals surface area (Å²) in [5.41, 5.74) is 0. The topological polar surface area (TPSA) is 70.8 Å². The zero-order chi connectivity index (χ0) is 11.6. The summed E-state index contributed by atoms with van der Waals surface area (Å²) in [6, 6.07) is 1.31. The highest BCUT2D eigenvalue weighted by molar-refractivity contribution is 9.10. The molecular formula is C8H12BrNO4S. The number of aliphatic hydroxyl groups is 1. The molecule has 5 nitrogen and oxygen atoms in total. The Morgan fingerprint density at radius 1 is 1.60 bits per heavy atom. The molecule has 1 N–H and O–H groups in total. The summed E-state index contributed by atoms with van der Waals surface area (Å²) in [6.07, 6.45) is 0. The van der Waals surface area contributed by atoms with E-state index in [2.05, 4.69) is 15.9 Å². The third kappa shape index (κ3) is 2.41. The van der Waals surface area contributed by atoms with E-state index in [0.717, 1.165) is 0 Å². The van der Waals surface area contributed by atoms with Crippen molar-refractivity contribution in [3.8, 4) is 0 Å². The predicted octanol–water partition coefficient (Wildman–Crippen LogP) is 1.17. The van der Waals surface area contributed by atoms with E-state index in [9.17, 15) is 8.42 Å². The van der Waals surface area contributed by atoms with Gasteiger partial charge in [-0.2, -0.15) is 0 Å². The lowest BCUT2D eigenvalue weighted by atomic mass is 10.5. The van der Waals surface area contributed by atoms with Gasteiger partial charge in [0.05, 0.1) is 0 Å². The molecule has 15 heavy (non-hydrogen) atoms. The van der Waals surface area contributed by atoms with E-state index < -0.39 is 10.0 Å². The molecule has 0 aromatic carbocycles. The van der Waals surface area contributed by atoms with E-state index in [1.54, 1.807) is 6.92 Å². The van der Waals surface area contributed by atoms with Gasteiger partial charge in [0.2, 0.25) is 10.0 Å². The highest BCUT2D eigenvalue weighted by Gasteiger charge is 2.25. The summed E-state index contributed by atoms with van der Waals surface area (Å²) in [5, 5.41) is 8.81. The normalized spacial score (nSPS) is 12.3. The minimum atomic E-state index is -3.53. The number of furan rings is 1. The summed E-state index contributed by atoms with van der Waals surface area (Å²) >= 11 is 3.01. The molecule has 0 unspecified atom stereocenters. The molecule has 1 aromatic heterocycles. The predicted molar refractivity (Wildman–Crippen MR) is 57.8 cm³/mol. The Labute approximate surface area is 96.9 Å². The van der Waals surface area contributed by atoms with Crippen molar-refractivity contribution in [3.63, 3.8) is 0 Å². The molecule has 0 atom stereocenters. The first-order chi connectivity index (χ1) is 6.93. The van der Waals surface area contributed by atoms with Gasteiger partial charge in [0.1, 0.15) is 17.3 Å². The number of rotatable bonds is 4. The van der Waals surface area contributed by atoms with E-state index in [0.29, 0.717) is 6.54 Å². The summed E-state index contributed by atoms with van der Waals surface area (Å²) in [4.78, 5) is 0.0379. The Kier molecular flexibility index (Phi) is 3.93. The Bertz CT molecular complexity index is 439. The van der Waals surface area contributed by atoms with Crippen molar-refractivity contribution >= 4 is 26.0 Å². The fourth-order valence-electron chi connectivity index (χ4n) is 0.989. The largest absolute Gasteiger partial charge is 0.450 e. The average molecular weight is 298 g/mol. The summed E-state index contributed by atoms with van der Waals surface area (Å²) < 4.78 is 30.1. The minimum absolute atomic E-state index is 0.0379.